The Morgan fingerprint density at radius 3 is 2.38 bits per heavy atom. The molecule has 0 saturated carbocycles. The SMILES string of the molecule is COc1ccc(-c2nnc(NC(=O)c3cccc(OC)c3OC)o2)cc1. The van der Waals surface area contributed by atoms with Gasteiger partial charge in [0.05, 0.1) is 26.9 Å². The van der Waals surface area contributed by atoms with E-state index in [9.17, 15) is 4.79 Å². The molecule has 134 valence electrons. The highest BCUT2D eigenvalue weighted by molar-refractivity contribution is 6.05. The molecule has 0 aliphatic carbocycles. The van der Waals surface area contributed by atoms with Gasteiger partial charge in [0.2, 0.25) is 5.89 Å². The number of benzene rings is 2. The Bertz CT molecular complexity index is 905. The van der Waals surface area contributed by atoms with Crippen LogP contribution in [0.25, 0.3) is 11.5 Å². The summed E-state index contributed by atoms with van der Waals surface area (Å²) < 4.78 is 21.1. The first kappa shape index (κ1) is 17.3. The fourth-order valence-electron chi connectivity index (χ4n) is 2.35. The lowest BCUT2D eigenvalue weighted by molar-refractivity contribution is 0.102. The van der Waals surface area contributed by atoms with Gasteiger partial charge in [-0.3, -0.25) is 10.1 Å². The summed E-state index contributed by atoms with van der Waals surface area (Å²) >= 11 is 0. The van der Waals surface area contributed by atoms with Gasteiger partial charge in [-0.25, -0.2) is 0 Å². The lowest BCUT2D eigenvalue weighted by Gasteiger charge is -2.11. The molecule has 0 unspecified atom stereocenters. The molecule has 26 heavy (non-hydrogen) atoms. The molecule has 0 aliphatic heterocycles. The first-order valence-corrected chi connectivity index (χ1v) is 7.66. The second-order valence-electron chi connectivity index (χ2n) is 5.14. The van der Waals surface area contributed by atoms with Gasteiger partial charge in [-0.15, -0.1) is 5.10 Å². The number of nitrogens with one attached hydrogen (secondary N) is 1. The molecule has 0 aliphatic rings. The van der Waals surface area contributed by atoms with Crippen molar-refractivity contribution < 1.29 is 23.4 Å². The van der Waals surface area contributed by atoms with Crippen molar-refractivity contribution in [3.8, 4) is 28.7 Å². The first-order chi connectivity index (χ1) is 12.7. The maximum absolute atomic E-state index is 12.5. The van der Waals surface area contributed by atoms with E-state index in [1.807, 2.05) is 0 Å². The summed E-state index contributed by atoms with van der Waals surface area (Å²) in [6, 6.07) is 12.1. The fourth-order valence-corrected chi connectivity index (χ4v) is 2.35. The van der Waals surface area contributed by atoms with Crippen molar-refractivity contribution in [2.24, 2.45) is 0 Å². The van der Waals surface area contributed by atoms with Gasteiger partial charge < -0.3 is 18.6 Å². The zero-order valence-electron chi connectivity index (χ0n) is 14.5. The lowest BCUT2D eigenvalue weighted by Crippen LogP contribution is -2.13. The number of hydrogen-bond donors (Lipinski definition) is 1. The Morgan fingerprint density at radius 2 is 1.73 bits per heavy atom. The van der Waals surface area contributed by atoms with Crippen molar-refractivity contribution >= 4 is 11.9 Å². The number of rotatable bonds is 6. The summed E-state index contributed by atoms with van der Waals surface area (Å²) in [5, 5.41) is 10.3. The van der Waals surface area contributed by atoms with Crippen LogP contribution in [0.4, 0.5) is 6.01 Å². The van der Waals surface area contributed by atoms with Crippen LogP contribution in [-0.4, -0.2) is 37.4 Å². The second-order valence-corrected chi connectivity index (χ2v) is 5.14. The zero-order valence-corrected chi connectivity index (χ0v) is 14.5. The van der Waals surface area contributed by atoms with Crippen molar-refractivity contribution in [3.63, 3.8) is 0 Å². The van der Waals surface area contributed by atoms with E-state index in [0.29, 0.717) is 22.8 Å². The third-order valence-electron chi connectivity index (χ3n) is 3.63. The lowest BCUT2D eigenvalue weighted by atomic mass is 10.1. The largest absolute Gasteiger partial charge is 0.497 e. The summed E-state index contributed by atoms with van der Waals surface area (Å²) in [5.41, 5.74) is 0.994. The van der Waals surface area contributed by atoms with E-state index >= 15 is 0 Å². The number of aromatic nitrogens is 2. The highest BCUT2D eigenvalue weighted by Gasteiger charge is 2.19. The van der Waals surface area contributed by atoms with Gasteiger partial charge in [0.15, 0.2) is 11.5 Å². The summed E-state index contributed by atoms with van der Waals surface area (Å²) in [6.45, 7) is 0. The van der Waals surface area contributed by atoms with Crippen LogP contribution in [0, 0.1) is 0 Å². The standard InChI is InChI=1S/C18H17N3O5/c1-23-12-9-7-11(8-10-12)17-20-21-18(26-17)19-16(22)13-5-4-6-14(24-2)15(13)25-3/h4-10H,1-3H3,(H,19,21,22). The Morgan fingerprint density at radius 1 is 0.962 bits per heavy atom. The van der Waals surface area contributed by atoms with E-state index in [-0.39, 0.29) is 17.5 Å². The van der Waals surface area contributed by atoms with Crippen molar-refractivity contribution in [2.75, 3.05) is 26.6 Å². The molecule has 3 rings (SSSR count). The van der Waals surface area contributed by atoms with Gasteiger partial charge in [-0.1, -0.05) is 11.2 Å². The molecule has 1 N–H and O–H groups in total. The quantitative estimate of drug-likeness (QED) is 0.726. The number of carbonyl (C=O) groups excluding carboxylic acids is 1. The van der Waals surface area contributed by atoms with Crippen molar-refractivity contribution in [1.29, 1.82) is 0 Å². The predicted molar refractivity (Wildman–Crippen MR) is 93.8 cm³/mol. The monoisotopic (exact) mass is 355 g/mol. The van der Waals surface area contributed by atoms with E-state index in [1.54, 1.807) is 49.6 Å². The predicted octanol–water partition coefficient (Wildman–Crippen LogP) is 3.01. The normalized spacial score (nSPS) is 10.3. The number of amides is 1. The van der Waals surface area contributed by atoms with Crippen molar-refractivity contribution in [1.82, 2.24) is 10.2 Å². The average Bonchev–Trinajstić information content (AvgIpc) is 3.15. The number of carbonyl (C=O) groups is 1. The molecule has 0 saturated heterocycles. The third kappa shape index (κ3) is 3.44. The zero-order chi connectivity index (χ0) is 18.5. The minimum absolute atomic E-state index is 0.0225. The molecule has 2 aromatic carbocycles. The topological polar surface area (TPSA) is 95.7 Å². The number of hydrogen-bond acceptors (Lipinski definition) is 7. The molecular formula is C18H17N3O5. The van der Waals surface area contributed by atoms with Gasteiger partial charge >= 0.3 is 6.01 Å². The minimum Gasteiger partial charge on any atom is -0.497 e. The Hall–Kier alpha value is -3.55. The number of para-hydroxylation sites is 1. The first-order valence-electron chi connectivity index (χ1n) is 7.66. The number of anilines is 1. The smallest absolute Gasteiger partial charge is 0.322 e. The molecule has 0 spiro atoms. The third-order valence-corrected chi connectivity index (χ3v) is 3.63. The number of ether oxygens (including phenoxy) is 3. The van der Waals surface area contributed by atoms with Crippen LogP contribution in [0.3, 0.4) is 0 Å². The molecule has 0 atom stereocenters. The van der Waals surface area contributed by atoms with Gasteiger partial charge in [0, 0.05) is 5.56 Å². The van der Waals surface area contributed by atoms with Gasteiger partial charge in [0.1, 0.15) is 5.75 Å². The summed E-state index contributed by atoms with van der Waals surface area (Å²) in [6.07, 6.45) is 0. The Balaban J connectivity index is 1.80. The van der Waals surface area contributed by atoms with E-state index in [4.69, 9.17) is 18.6 Å². The highest BCUT2D eigenvalue weighted by Crippen LogP contribution is 2.31. The molecule has 0 fully saturated rings. The Labute approximate surface area is 149 Å². The molecule has 0 bridgehead atoms. The van der Waals surface area contributed by atoms with Crippen molar-refractivity contribution in [3.05, 3.63) is 48.0 Å². The van der Waals surface area contributed by atoms with Gasteiger partial charge in [-0.2, -0.15) is 0 Å². The van der Waals surface area contributed by atoms with Crippen molar-refractivity contribution in [2.45, 2.75) is 0 Å². The fraction of sp³-hybridized carbons (Fsp3) is 0.167. The average molecular weight is 355 g/mol. The molecular weight excluding hydrogens is 338 g/mol. The molecule has 0 radical (unpaired) electrons. The summed E-state index contributed by atoms with van der Waals surface area (Å²) in [5.74, 6) is 1.31. The molecule has 1 amide bonds. The van der Waals surface area contributed by atoms with Gasteiger partial charge in [0.25, 0.3) is 5.91 Å². The maximum Gasteiger partial charge on any atom is 0.322 e. The molecule has 8 heteroatoms. The molecule has 1 heterocycles. The molecule has 8 nitrogen and oxygen atoms in total. The van der Waals surface area contributed by atoms with Crippen LogP contribution >= 0.6 is 0 Å². The van der Waals surface area contributed by atoms with Crippen LogP contribution < -0.4 is 19.5 Å². The van der Waals surface area contributed by atoms with Crippen LogP contribution in [-0.2, 0) is 0 Å². The summed E-state index contributed by atoms with van der Waals surface area (Å²) in [7, 11) is 4.55. The van der Waals surface area contributed by atoms with Gasteiger partial charge in [-0.05, 0) is 36.4 Å². The van der Waals surface area contributed by atoms with Crippen LogP contribution in [0.1, 0.15) is 10.4 Å². The Kier molecular flexibility index (Phi) is 5.02. The van der Waals surface area contributed by atoms with Crippen LogP contribution in [0.5, 0.6) is 17.2 Å². The minimum atomic E-state index is -0.453. The second kappa shape index (κ2) is 7.56. The van der Waals surface area contributed by atoms with E-state index in [1.165, 1.54) is 14.2 Å². The maximum atomic E-state index is 12.5. The molecule has 3 aromatic rings. The van der Waals surface area contributed by atoms with E-state index in [2.05, 4.69) is 15.5 Å². The number of nitrogens with zero attached hydrogens (tertiary/aromatic N) is 2. The van der Waals surface area contributed by atoms with Crippen LogP contribution in [0.2, 0.25) is 0 Å². The van der Waals surface area contributed by atoms with E-state index < -0.39 is 5.91 Å². The van der Waals surface area contributed by atoms with Crippen LogP contribution in [0.15, 0.2) is 46.9 Å². The summed E-state index contributed by atoms with van der Waals surface area (Å²) in [4.78, 5) is 12.5. The van der Waals surface area contributed by atoms with E-state index in [0.717, 1.165) is 0 Å². The highest BCUT2D eigenvalue weighted by atomic mass is 16.5. The number of methoxy groups -OCH3 is 3. The molecule has 1 aromatic heterocycles.